The predicted molar refractivity (Wildman–Crippen MR) is 99.2 cm³/mol. The first kappa shape index (κ1) is 19.0. The van der Waals surface area contributed by atoms with E-state index in [1.54, 1.807) is 0 Å². The average Bonchev–Trinajstić information content (AvgIpc) is 2.75. The SMILES string of the molecule is I.NC(=NCC1(CCO)CCCCC1)N1CCCCCC1. The summed E-state index contributed by atoms with van der Waals surface area (Å²) in [6.45, 7) is 3.19. The van der Waals surface area contributed by atoms with Crippen LogP contribution in [0.4, 0.5) is 0 Å². The summed E-state index contributed by atoms with van der Waals surface area (Å²) in [6.07, 6.45) is 12.3. The highest BCUT2D eigenvalue weighted by atomic mass is 127. The molecule has 2 fully saturated rings. The van der Waals surface area contributed by atoms with E-state index >= 15 is 0 Å². The standard InChI is InChI=1S/C16H31N3O.HI/c17-15(19-11-6-1-2-7-12-19)18-14-16(10-13-20)8-4-3-5-9-16;/h20H,1-14H2,(H2,17,18);1H. The van der Waals surface area contributed by atoms with Crippen molar-refractivity contribution in [3.05, 3.63) is 0 Å². The van der Waals surface area contributed by atoms with Crippen LogP contribution in [0.5, 0.6) is 0 Å². The lowest BCUT2D eigenvalue weighted by Gasteiger charge is -2.36. The molecule has 0 aromatic carbocycles. The Morgan fingerprint density at radius 2 is 1.57 bits per heavy atom. The largest absolute Gasteiger partial charge is 0.396 e. The van der Waals surface area contributed by atoms with E-state index in [9.17, 15) is 5.11 Å². The van der Waals surface area contributed by atoms with Gasteiger partial charge in [0.25, 0.3) is 0 Å². The molecule has 0 aromatic rings. The Balaban J connectivity index is 0.00000220. The van der Waals surface area contributed by atoms with Crippen molar-refractivity contribution >= 4 is 29.9 Å². The zero-order chi connectivity index (χ0) is 14.3. The molecule has 1 saturated carbocycles. The summed E-state index contributed by atoms with van der Waals surface area (Å²) in [6, 6.07) is 0. The topological polar surface area (TPSA) is 61.9 Å². The normalized spacial score (nSPS) is 23.3. The minimum Gasteiger partial charge on any atom is -0.396 e. The Morgan fingerprint density at radius 3 is 2.14 bits per heavy atom. The summed E-state index contributed by atoms with van der Waals surface area (Å²) in [5.74, 6) is 0.731. The molecule has 2 rings (SSSR count). The summed E-state index contributed by atoms with van der Waals surface area (Å²) in [7, 11) is 0. The van der Waals surface area contributed by atoms with Crippen LogP contribution in [0, 0.1) is 5.41 Å². The highest BCUT2D eigenvalue weighted by molar-refractivity contribution is 14.0. The van der Waals surface area contributed by atoms with Gasteiger partial charge in [0.1, 0.15) is 0 Å². The number of hydrogen-bond acceptors (Lipinski definition) is 2. The molecule has 0 spiro atoms. The molecule has 3 N–H and O–H groups in total. The van der Waals surface area contributed by atoms with Crippen LogP contribution in [-0.2, 0) is 0 Å². The Kier molecular flexibility index (Phi) is 8.94. The lowest BCUT2D eigenvalue weighted by molar-refractivity contribution is 0.137. The van der Waals surface area contributed by atoms with Gasteiger partial charge >= 0.3 is 0 Å². The Hall–Kier alpha value is -0.0400. The molecular weight excluding hydrogens is 377 g/mol. The molecule has 21 heavy (non-hydrogen) atoms. The molecule has 0 atom stereocenters. The van der Waals surface area contributed by atoms with Crippen LogP contribution in [0.15, 0.2) is 4.99 Å². The maximum absolute atomic E-state index is 9.34. The number of aliphatic hydroxyl groups excluding tert-OH is 1. The zero-order valence-electron chi connectivity index (χ0n) is 13.2. The molecule has 4 nitrogen and oxygen atoms in total. The van der Waals surface area contributed by atoms with Crippen molar-refractivity contribution in [3.63, 3.8) is 0 Å². The number of likely N-dealkylation sites (tertiary alicyclic amines) is 1. The maximum Gasteiger partial charge on any atom is 0.191 e. The predicted octanol–water partition coefficient (Wildman–Crippen LogP) is 3.13. The van der Waals surface area contributed by atoms with Gasteiger partial charge < -0.3 is 15.7 Å². The van der Waals surface area contributed by atoms with Crippen LogP contribution in [0.2, 0.25) is 0 Å². The smallest absolute Gasteiger partial charge is 0.191 e. The molecule has 1 saturated heterocycles. The van der Waals surface area contributed by atoms with Gasteiger partial charge in [-0.25, -0.2) is 0 Å². The molecule has 2 aliphatic rings. The second-order valence-electron chi connectivity index (χ2n) is 6.61. The first-order valence-corrected chi connectivity index (χ1v) is 8.42. The van der Waals surface area contributed by atoms with Crippen molar-refractivity contribution in [2.24, 2.45) is 16.1 Å². The van der Waals surface area contributed by atoms with Crippen LogP contribution in [0.3, 0.4) is 0 Å². The van der Waals surface area contributed by atoms with Crippen LogP contribution in [0.1, 0.15) is 64.2 Å². The Labute approximate surface area is 146 Å². The molecule has 0 amide bonds. The number of nitrogens with zero attached hydrogens (tertiary/aromatic N) is 2. The van der Waals surface area contributed by atoms with Gasteiger partial charge in [-0.3, -0.25) is 4.99 Å². The van der Waals surface area contributed by atoms with Gasteiger partial charge in [-0.15, -0.1) is 24.0 Å². The third-order valence-electron chi connectivity index (χ3n) is 5.06. The molecule has 1 aliphatic carbocycles. The van der Waals surface area contributed by atoms with Crippen molar-refractivity contribution in [2.45, 2.75) is 64.2 Å². The molecule has 0 radical (unpaired) electrons. The van der Waals surface area contributed by atoms with Crippen LogP contribution < -0.4 is 5.73 Å². The third-order valence-corrected chi connectivity index (χ3v) is 5.06. The zero-order valence-corrected chi connectivity index (χ0v) is 15.6. The van der Waals surface area contributed by atoms with E-state index in [1.165, 1.54) is 57.8 Å². The van der Waals surface area contributed by atoms with Crippen molar-refractivity contribution in [1.82, 2.24) is 4.90 Å². The highest BCUT2D eigenvalue weighted by Gasteiger charge is 2.31. The van der Waals surface area contributed by atoms with Gasteiger partial charge in [0.2, 0.25) is 0 Å². The van der Waals surface area contributed by atoms with E-state index < -0.39 is 0 Å². The fourth-order valence-corrected chi connectivity index (χ4v) is 3.67. The summed E-state index contributed by atoms with van der Waals surface area (Å²) in [5.41, 5.74) is 6.42. The van der Waals surface area contributed by atoms with Crippen molar-refractivity contribution in [3.8, 4) is 0 Å². The molecule has 1 aliphatic heterocycles. The van der Waals surface area contributed by atoms with Crippen molar-refractivity contribution in [1.29, 1.82) is 0 Å². The van der Waals surface area contributed by atoms with E-state index in [1.807, 2.05) is 0 Å². The van der Waals surface area contributed by atoms with Gasteiger partial charge in [-0.05, 0) is 37.5 Å². The highest BCUT2D eigenvalue weighted by Crippen LogP contribution is 2.39. The molecule has 5 heteroatoms. The number of rotatable bonds is 4. The van der Waals surface area contributed by atoms with Crippen molar-refractivity contribution in [2.75, 3.05) is 26.2 Å². The second-order valence-corrected chi connectivity index (χ2v) is 6.61. The minimum atomic E-state index is 0. The van der Waals surface area contributed by atoms with E-state index in [0.29, 0.717) is 0 Å². The lowest BCUT2D eigenvalue weighted by atomic mass is 9.72. The van der Waals surface area contributed by atoms with Gasteiger partial charge in [0, 0.05) is 26.2 Å². The summed E-state index contributed by atoms with van der Waals surface area (Å²) >= 11 is 0. The molecule has 0 aromatic heterocycles. The molecule has 0 bridgehead atoms. The fourth-order valence-electron chi connectivity index (χ4n) is 3.67. The van der Waals surface area contributed by atoms with E-state index in [4.69, 9.17) is 10.7 Å². The summed E-state index contributed by atoms with van der Waals surface area (Å²) in [4.78, 5) is 6.97. The molecule has 0 unspecified atom stereocenters. The molecular formula is C16H32IN3O. The van der Waals surface area contributed by atoms with E-state index in [2.05, 4.69) is 4.90 Å². The number of halogens is 1. The molecule has 124 valence electrons. The number of aliphatic imine (C=N–C) groups is 1. The maximum atomic E-state index is 9.34. The summed E-state index contributed by atoms with van der Waals surface area (Å²) < 4.78 is 0. The van der Waals surface area contributed by atoms with Crippen LogP contribution >= 0.6 is 24.0 Å². The van der Waals surface area contributed by atoms with Crippen LogP contribution in [0.25, 0.3) is 0 Å². The van der Waals surface area contributed by atoms with Gasteiger partial charge in [0.15, 0.2) is 5.96 Å². The van der Waals surface area contributed by atoms with Crippen molar-refractivity contribution < 1.29 is 5.11 Å². The van der Waals surface area contributed by atoms with E-state index in [-0.39, 0.29) is 36.0 Å². The third kappa shape index (κ3) is 5.93. The van der Waals surface area contributed by atoms with Gasteiger partial charge in [0.05, 0.1) is 0 Å². The minimum absolute atomic E-state index is 0. The Bertz CT molecular complexity index is 303. The van der Waals surface area contributed by atoms with E-state index in [0.717, 1.165) is 32.0 Å². The summed E-state index contributed by atoms with van der Waals surface area (Å²) in [5, 5.41) is 9.34. The van der Waals surface area contributed by atoms with Gasteiger partial charge in [-0.2, -0.15) is 0 Å². The first-order chi connectivity index (χ1) is 9.76. The Morgan fingerprint density at radius 1 is 1.00 bits per heavy atom. The number of hydrogen-bond donors (Lipinski definition) is 2. The average molecular weight is 409 g/mol. The number of nitrogens with two attached hydrogens (primary N) is 1. The van der Waals surface area contributed by atoms with Crippen LogP contribution in [-0.4, -0.2) is 42.2 Å². The fraction of sp³-hybridized carbons (Fsp3) is 0.938. The molecule has 1 heterocycles. The quantitative estimate of drug-likeness (QED) is 0.426. The number of aliphatic hydroxyl groups is 1. The van der Waals surface area contributed by atoms with Gasteiger partial charge in [-0.1, -0.05) is 32.1 Å². The first-order valence-electron chi connectivity index (χ1n) is 8.42. The monoisotopic (exact) mass is 409 g/mol. The lowest BCUT2D eigenvalue weighted by Crippen LogP contribution is -2.39. The number of guanidine groups is 1. The second kappa shape index (κ2) is 9.87.